The normalized spacial score (nSPS) is 13.4. The Hall–Kier alpha value is -0.480. The van der Waals surface area contributed by atoms with Gasteiger partial charge in [0.15, 0.2) is 11.6 Å². The van der Waals surface area contributed by atoms with Gasteiger partial charge in [-0.25, -0.2) is 8.78 Å². The molecule has 0 aromatic heterocycles. The van der Waals surface area contributed by atoms with E-state index in [0.717, 1.165) is 6.07 Å². The Balaban J connectivity index is 2.97. The Morgan fingerprint density at radius 3 is 2.31 bits per heavy atom. The maximum Gasteiger partial charge on any atom is 0.159 e. The third-order valence-corrected chi connectivity index (χ3v) is 3.02. The number of nitrogens with zero attached hydrogens (tertiary/aromatic N) is 1. The van der Waals surface area contributed by atoms with Crippen LogP contribution in [-0.2, 0) is 0 Å². The highest BCUT2D eigenvalue weighted by molar-refractivity contribution is 9.09. The number of rotatable bonds is 2. The van der Waals surface area contributed by atoms with Crippen LogP contribution in [0.5, 0.6) is 0 Å². The third-order valence-electron chi connectivity index (χ3n) is 1.67. The van der Waals surface area contributed by atoms with Crippen molar-refractivity contribution >= 4 is 15.9 Å². The molecular weight excluding hydrogens is 240 g/mol. The Kier molecular flexibility index (Phi) is 3.39. The molecular formula is C9H10BrF2N. The minimum absolute atomic E-state index is 0.0948. The zero-order valence-corrected chi connectivity index (χ0v) is 8.98. The topological polar surface area (TPSA) is 3.24 Å². The largest absolute Gasteiger partial charge is 0.293 e. The average Bonchev–Trinajstić information content (AvgIpc) is 2.08. The molecule has 1 aromatic rings. The van der Waals surface area contributed by atoms with Gasteiger partial charge < -0.3 is 0 Å². The molecule has 13 heavy (non-hydrogen) atoms. The van der Waals surface area contributed by atoms with Gasteiger partial charge in [-0.05, 0) is 31.8 Å². The smallest absolute Gasteiger partial charge is 0.159 e. The van der Waals surface area contributed by atoms with Crippen molar-refractivity contribution in [3.05, 3.63) is 35.4 Å². The molecule has 1 rings (SSSR count). The summed E-state index contributed by atoms with van der Waals surface area (Å²) in [7, 11) is 3.70. The van der Waals surface area contributed by atoms with Gasteiger partial charge in [0.05, 0.1) is 4.95 Å². The molecule has 0 saturated carbocycles. The van der Waals surface area contributed by atoms with Crippen LogP contribution >= 0.6 is 15.9 Å². The predicted molar refractivity (Wildman–Crippen MR) is 51.7 cm³/mol. The molecule has 0 aliphatic heterocycles. The lowest BCUT2D eigenvalue weighted by atomic mass is 10.2. The standard InChI is InChI=1S/C9H10BrF2N/c1-13(2)9(10)6-3-4-7(11)8(12)5-6/h3-5,9H,1-2H3. The summed E-state index contributed by atoms with van der Waals surface area (Å²) in [4.78, 5) is 1.76. The summed E-state index contributed by atoms with van der Waals surface area (Å²) in [6, 6.07) is 3.87. The van der Waals surface area contributed by atoms with Gasteiger partial charge in [-0.3, -0.25) is 4.90 Å². The van der Waals surface area contributed by atoms with E-state index in [1.807, 2.05) is 19.0 Å². The van der Waals surface area contributed by atoms with Crippen molar-refractivity contribution in [2.75, 3.05) is 14.1 Å². The van der Waals surface area contributed by atoms with Crippen molar-refractivity contribution in [3.63, 3.8) is 0 Å². The summed E-state index contributed by atoms with van der Waals surface area (Å²) >= 11 is 3.35. The number of alkyl halides is 1. The maximum absolute atomic E-state index is 12.8. The molecule has 1 unspecified atom stereocenters. The lowest BCUT2D eigenvalue weighted by molar-refractivity contribution is 0.395. The van der Waals surface area contributed by atoms with Gasteiger partial charge in [-0.1, -0.05) is 22.0 Å². The SMILES string of the molecule is CN(C)C(Br)c1ccc(F)c(F)c1. The average molecular weight is 250 g/mol. The number of benzene rings is 1. The van der Waals surface area contributed by atoms with E-state index in [1.54, 1.807) is 6.07 Å². The summed E-state index contributed by atoms with van der Waals surface area (Å²) in [5, 5.41) is 0. The van der Waals surface area contributed by atoms with Crippen LogP contribution in [0.4, 0.5) is 8.78 Å². The van der Waals surface area contributed by atoms with Crippen LogP contribution in [0.1, 0.15) is 10.5 Å². The van der Waals surface area contributed by atoms with E-state index < -0.39 is 11.6 Å². The molecule has 0 aliphatic rings. The molecule has 1 nitrogen and oxygen atoms in total. The molecule has 4 heteroatoms. The van der Waals surface area contributed by atoms with Crippen molar-refractivity contribution in [3.8, 4) is 0 Å². The highest BCUT2D eigenvalue weighted by Gasteiger charge is 2.11. The molecule has 0 N–H and O–H groups in total. The zero-order valence-electron chi connectivity index (χ0n) is 7.39. The Morgan fingerprint density at radius 1 is 1.23 bits per heavy atom. The van der Waals surface area contributed by atoms with Crippen LogP contribution in [-0.4, -0.2) is 19.0 Å². The van der Waals surface area contributed by atoms with Gasteiger partial charge in [0, 0.05) is 0 Å². The Labute approximate surface area is 84.5 Å². The van der Waals surface area contributed by atoms with E-state index in [2.05, 4.69) is 15.9 Å². The molecule has 1 aromatic carbocycles. The second kappa shape index (κ2) is 4.15. The van der Waals surface area contributed by atoms with Gasteiger partial charge in [0.25, 0.3) is 0 Å². The van der Waals surface area contributed by atoms with Crippen LogP contribution in [0.3, 0.4) is 0 Å². The highest BCUT2D eigenvalue weighted by atomic mass is 79.9. The molecule has 1 atom stereocenters. The van der Waals surface area contributed by atoms with E-state index in [0.29, 0.717) is 5.56 Å². The van der Waals surface area contributed by atoms with Crippen molar-refractivity contribution in [2.24, 2.45) is 0 Å². The van der Waals surface area contributed by atoms with Crippen LogP contribution in [0.15, 0.2) is 18.2 Å². The van der Waals surface area contributed by atoms with Crippen LogP contribution < -0.4 is 0 Å². The molecule has 0 spiro atoms. The molecule has 0 bridgehead atoms. The first kappa shape index (κ1) is 10.6. The fourth-order valence-electron chi connectivity index (χ4n) is 0.959. The number of hydrogen-bond donors (Lipinski definition) is 0. The van der Waals surface area contributed by atoms with Crippen molar-refractivity contribution in [1.29, 1.82) is 0 Å². The molecule has 0 saturated heterocycles. The second-order valence-corrected chi connectivity index (χ2v) is 3.84. The highest BCUT2D eigenvalue weighted by Crippen LogP contribution is 2.25. The molecule has 0 radical (unpaired) electrons. The van der Waals surface area contributed by atoms with E-state index in [4.69, 9.17) is 0 Å². The van der Waals surface area contributed by atoms with E-state index in [-0.39, 0.29) is 4.95 Å². The minimum atomic E-state index is -0.817. The molecule has 0 fully saturated rings. The first-order valence-electron chi connectivity index (χ1n) is 3.78. The Bertz CT molecular complexity index is 302. The molecule has 0 heterocycles. The molecule has 0 aliphatic carbocycles. The van der Waals surface area contributed by atoms with Gasteiger partial charge in [-0.15, -0.1) is 0 Å². The summed E-state index contributed by atoms with van der Waals surface area (Å²) < 4.78 is 25.3. The van der Waals surface area contributed by atoms with Gasteiger partial charge in [-0.2, -0.15) is 0 Å². The molecule has 72 valence electrons. The van der Waals surface area contributed by atoms with Crippen LogP contribution in [0.25, 0.3) is 0 Å². The number of halogens is 3. The van der Waals surface area contributed by atoms with Crippen molar-refractivity contribution < 1.29 is 8.78 Å². The maximum atomic E-state index is 12.8. The van der Waals surface area contributed by atoms with E-state index in [9.17, 15) is 8.78 Å². The summed E-state index contributed by atoms with van der Waals surface area (Å²) in [5.74, 6) is -1.63. The monoisotopic (exact) mass is 249 g/mol. The quantitative estimate of drug-likeness (QED) is 0.576. The minimum Gasteiger partial charge on any atom is -0.293 e. The van der Waals surface area contributed by atoms with E-state index >= 15 is 0 Å². The van der Waals surface area contributed by atoms with Crippen LogP contribution in [0, 0.1) is 11.6 Å². The first-order chi connectivity index (χ1) is 6.02. The zero-order chi connectivity index (χ0) is 10.0. The Morgan fingerprint density at radius 2 is 1.85 bits per heavy atom. The van der Waals surface area contributed by atoms with Crippen molar-refractivity contribution in [2.45, 2.75) is 4.95 Å². The summed E-state index contributed by atoms with van der Waals surface area (Å²) in [5.41, 5.74) is 0.698. The lowest BCUT2D eigenvalue weighted by Gasteiger charge is -2.18. The second-order valence-electron chi connectivity index (χ2n) is 2.97. The fourth-order valence-corrected chi connectivity index (χ4v) is 1.24. The fraction of sp³-hybridized carbons (Fsp3) is 0.333. The van der Waals surface area contributed by atoms with Gasteiger partial charge in [0.2, 0.25) is 0 Å². The first-order valence-corrected chi connectivity index (χ1v) is 4.69. The summed E-state index contributed by atoms with van der Waals surface area (Å²) in [6.07, 6.45) is 0. The van der Waals surface area contributed by atoms with Crippen LogP contribution in [0.2, 0.25) is 0 Å². The van der Waals surface area contributed by atoms with Gasteiger partial charge in [0.1, 0.15) is 0 Å². The van der Waals surface area contributed by atoms with Crippen molar-refractivity contribution in [1.82, 2.24) is 4.90 Å². The van der Waals surface area contributed by atoms with Gasteiger partial charge >= 0.3 is 0 Å². The summed E-state index contributed by atoms with van der Waals surface area (Å²) in [6.45, 7) is 0. The van der Waals surface area contributed by atoms with E-state index in [1.165, 1.54) is 6.07 Å². The lowest BCUT2D eigenvalue weighted by Crippen LogP contribution is -2.14. The third kappa shape index (κ3) is 2.48. The number of hydrogen-bond acceptors (Lipinski definition) is 1. The molecule has 0 amide bonds. The predicted octanol–water partition coefficient (Wildman–Crippen LogP) is 2.92.